The number of nitrogens with zero attached hydrogens (tertiary/aromatic N) is 1. The van der Waals surface area contributed by atoms with E-state index < -0.39 is 0 Å². The molecule has 1 atom stereocenters. The molecule has 1 unspecified atom stereocenters. The van der Waals surface area contributed by atoms with Crippen LogP contribution in [0.4, 0.5) is 5.69 Å². The number of aryl methyl sites for hydroxylation is 2. The van der Waals surface area contributed by atoms with Crippen molar-refractivity contribution in [1.82, 2.24) is 0 Å². The lowest BCUT2D eigenvalue weighted by atomic mass is 10.0. The van der Waals surface area contributed by atoms with E-state index in [1.807, 2.05) is 11.8 Å². The Morgan fingerprint density at radius 3 is 2.33 bits per heavy atom. The molecular formula is C16H21NO. The maximum absolute atomic E-state index is 11.9. The molecule has 0 aromatic heterocycles. The van der Waals surface area contributed by atoms with Gasteiger partial charge in [0.2, 0.25) is 5.91 Å². The topological polar surface area (TPSA) is 20.3 Å². The summed E-state index contributed by atoms with van der Waals surface area (Å²) in [6.45, 7) is 8.36. The molecule has 1 aliphatic rings. The van der Waals surface area contributed by atoms with Gasteiger partial charge in [0.05, 0.1) is 0 Å². The molecule has 96 valence electrons. The average molecular weight is 243 g/mol. The molecule has 1 aromatic carbocycles. The maximum atomic E-state index is 11.9. The van der Waals surface area contributed by atoms with Crippen LogP contribution in [0.25, 0.3) is 6.08 Å². The number of anilines is 1. The fraction of sp³-hybridized carbons (Fsp3) is 0.438. The second-order valence-electron chi connectivity index (χ2n) is 5.14. The summed E-state index contributed by atoms with van der Waals surface area (Å²) < 4.78 is 0. The van der Waals surface area contributed by atoms with Crippen molar-refractivity contribution in [3.8, 4) is 0 Å². The lowest BCUT2D eigenvalue weighted by Crippen LogP contribution is -2.30. The first-order chi connectivity index (χ1) is 8.54. The van der Waals surface area contributed by atoms with E-state index in [4.69, 9.17) is 0 Å². The lowest BCUT2D eigenvalue weighted by molar-refractivity contribution is -0.117. The highest BCUT2D eigenvalue weighted by molar-refractivity contribution is 5.96. The molecule has 2 rings (SSSR count). The zero-order valence-corrected chi connectivity index (χ0v) is 11.7. The van der Waals surface area contributed by atoms with Crippen LogP contribution >= 0.6 is 0 Å². The number of carbonyl (C=O) groups is 1. The molecule has 0 saturated carbocycles. The molecule has 2 heteroatoms. The van der Waals surface area contributed by atoms with E-state index in [1.54, 1.807) is 0 Å². The minimum Gasteiger partial charge on any atom is -0.310 e. The summed E-state index contributed by atoms with van der Waals surface area (Å²) in [7, 11) is 0. The van der Waals surface area contributed by atoms with E-state index in [0.29, 0.717) is 12.5 Å². The predicted molar refractivity (Wildman–Crippen MR) is 76.8 cm³/mol. The molecular weight excluding hydrogens is 222 g/mol. The molecule has 1 amide bonds. The molecule has 1 saturated heterocycles. The number of hydrogen-bond donors (Lipinski definition) is 0. The minimum absolute atomic E-state index is 0.250. The van der Waals surface area contributed by atoms with Crippen LogP contribution in [-0.4, -0.2) is 11.9 Å². The van der Waals surface area contributed by atoms with Crippen LogP contribution in [0.15, 0.2) is 18.2 Å². The van der Waals surface area contributed by atoms with Gasteiger partial charge in [-0.1, -0.05) is 12.2 Å². The van der Waals surface area contributed by atoms with E-state index in [0.717, 1.165) is 12.1 Å². The Morgan fingerprint density at radius 1 is 1.28 bits per heavy atom. The zero-order chi connectivity index (χ0) is 13.3. The molecule has 0 spiro atoms. The van der Waals surface area contributed by atoms with Crippen molar-refractivity contribution in [2.45, 2.75) is 46.6 Å². The number of rotatable bonds is 2. The van der Waals surface area contributed by atoms with E-state index in [9.17, 15) is 4.79 Å². The maximum Gasteiger partial charge on any atom is 0.227 e. The van der Waals surface area contributed by atoms with Gasteiger partial charge in [-0.25, -0.2) is 0 Å². The number of benzene rings is 1. The summed E-state index contributed by atoms with van der Waals surface area (Å²) in [4.78, 5) is 13.9. The van der Waals surface area contributed by atoms with Crippen LogP contribution in [0.3, 0.4) is 0 Å². The quantitative estimate of drug-likeness (QED) is 0.772. The first kappa shape index (κ1) is 12.9. The Morgan fingerprint density at radius 2 is 1.89 bits per heavy atom. The Kier molecular flexibility index (Phi) is 3.55. The third kappa shape index (κ3) is 2.20. The van der Waals surface area contributed by atoms with Crippen LogP contribution in [-0.2, 0) is 4.79 Å². The third-order valence-electron chi connectivity index (χ3n) is 3.68. The first-order valence-electron chi connectivity index (χ1n) is 6.60. The predicted octanol–water partition coefficient (Wildman–Crippen LogP) is 3.85. The second kappa shape index (κ2) is 4.97. The molecule has 18 heavy (non-hydrogen) atoms. The summed E-state index contributed by atoms with van der Waals surface area (Å²) in [6, 6.07) is 4.58. The molecule has 2 nitrogen and oxygen atoms in total. The fourth-order valence-electron chi connectivity index (χ4n) is 2.75. The second-order valence-corrected chi connectivity index (χ2v) is 5.14. The van der Waals surface area contributed by atoms with Crippen LogP contribution < -0.4 is 4.90 Å². The van der Waals surface area contributed by atoms with Crippen molar-refractivity contribution in [1.29, 1.82) is 0 Å². The Hall–Kier alpha value is -1.57. The SMILES string of the molecule is C/C=C/c1c(C)cc(N2C(=O)CCC2C)cc1C. The Balaban J connectivity index is 2.45. The molecule has 1 heterocycles. The summed E-state index contributed by atoms with van der Waals surface area (Å²) in [6.07, 6.45) is 5.83. The number of allylic oxidation sites excluding steroid dienone is 1. The monoisotopic (exact) mass is 243 g/mol. The molecule has 0 aliphatic carbocycles. The molecule has 1 fully saturated rings. The van der Waals surface area contributed by atoms with Gasteiger partial charge in [0, 0.05) is 18.2 Å². The Bertz CT molecular complexity index is 479. The van der Waals surface area contributed by atoms with E-state index in [1.165, 1.54) is 16.7 Å². The highest BCUT2D eigenvalue weighted by atomic mass is 16.2. The van der Waals surface area contributed by atoms with Crippen LogP contribution in [0.1, 0.15) is 43.4 Å². The Labute approximate surface area is 109 Å². The van der Waals surface area contributed by atoms with Gasteiger partial charge < -0.3 is 4.90 Å². The summed E-state index contributed by atoms with van der Waals surface area (Å²) in [5.74, 6) is 0.250. The summed E-state index contributed by atoms with van der Waals surface area (Å²) in [5.41, 5.74) is 4.78. The summed E-state index contributed by atoms with van der Waals surface area (Å²) in [5, 5.41) is 0. The first-order valence-corrected chi connectivity index (χ1v) is 6.60. The van der Waals surface area contributed by atoms with E-state index in [2.05, 4.69) is 45.1 Å². The number of carbonyl (C=O) groups excluding carboxylic acids is 1. The molecule has 1 aliphatic heterocycles. The van der Waals surface area contributed by atoms with E-state index in [-0.39, 0.29) is 5.91 Å². The van der Waals surface area contributed by atoms with Crippen LogP contribution in [0.5, 0.6) is 0 Å². The lowest BCUT2D eigenvalue weighted by Gasteiger charge is -2.23. The molecule has 0 bridgehead atoms. The van der Waals surface area contributed by atoms with Crippen molar-refractivity contribution in [3.63, 3.8) is 0 Å². The minimum atomic E-state index is 0.250. The van der Waals surface area contributed by atoms with Crippen molar-refractivity contribution >= 4 is 17.7 Å². The standard InChI is InChI=1S/C16H21NO/c1-5-6-15-11(2)9-14(10-12(15)3)17-13(4)7-8-16(17)18/h5-6,9-10,13H,7-8H2,1-4H3/b6-5+. The van der Waals surface area contributed by atoms with Gasteiger partial charge in [-0.15, -0.1) is 0 Å². The van der Waals surface area contributed by atoms with Gasteiger partial charge in [0.15, 0.2) is 0 Å². The number of hydrogen-bond acceptors (Lipinski definition) is 1. The largest absolute Gasteiger partial charge is 0.310 e. The van der Waals surface area contributed by atoms with Crippen molar-refractivity contribution in [2.24, 2.45) is 0 Å². The normalized spacial score (nSPS) is 20.1. The molecule has 0 radical (unpaired) electrons. The summed E-state index contributed by atoms with van der Waals surface area (Å²) >= 11 is 0. The average Bonchev–Trinajstić information content (AvgIpc) is 2.63. The van der Waals surface area contributed by atoms with Crippen LogP contribution in [0, 0.1) is 13.8 Å². The van der Waals surface area contributed by atoms with Gasteiger partial charge in [-0.2, -0.15) is 0 Å². The molecule has 0 N–H and O–H groups in total. The van der Waals surface area contributed by atoms with Crippen molar-refractivity contribution in [2.75, 3.05) is 4.90 Å². The van der Waals surface area contributed by atoms with Gasteiger partial charge >= 0.3 is 0 Å². The van der Waals surface area contributed by atoms with Gasteiger partial charge in [0.1, 0.15) is 0 Å². The third-order valence-corrected chi connectivity index (χ3v) is 3.68. The smallest absolute Gasteiger partial charge is 0.227 e. The fourth-order valence-corrected chi connectivity index (χ4v) is 2.75. The molecule has 1 aromatic rings. The van der Waals surface area contributed by atoms with Gasteiger partial charge in [0.25, 0.3) is 0 Å². The van der Waals surface area contributed by atoms with Gasteiger partial charge in [-0.3, -0.25) is 4.79 Å². The highest BCUT2D eigenvalue weighted by Gasteiger charge is 2.29. The van der Waals surface area contributed by atoms with Gasteiger partial charge in [-0.05, 0) is 62.9 Å². The number of amides is 1. The van der Waals surface area contributed by atoms with Crippen LogP contribution in [0.2, 0.25) is 0 Å². The van der Waals surface area contributed by atoms with Crippen molar-refractivity contribution < 1.29 is 4.79 Å². The van der Waals surface area contributed by atoms with E-state index >= 15 is 0 Å². The zero-order valence-electron chi connectivity index (χ0n) is 11.7. The van der Waals surface area contributed by atoms with Crippen molar-refractivity contribution in [3.05, 3.63) is 34.9 Å². The highest BCUT2D eigenvalue weighted by Crippen LogP contribution is 2.30.